The SMILES string of the molecule is Cn1ncc(Br)c1C1(O)CCCC(C2CC2)C1. The van der Waals surface area contributed by atoms with Crippen LogP contribution < -0.4 is 0 Å². The van der Waals surface area contributed by atoms with Crippen molar-refractivity contribution in [1.82, 2.24) is 9.78 Å². The summed E-state index contributed by atoms with van der Waals surface area (Å²) in [5.41, 5.74) is 0.290. The molecule has 2 fully saturated rings. The lowest BCUT2D eigenvalue weighted by atomic mass is 9.74. The monoisotopic (exact) mass is 298 g/mol. The minimum atomic E-state index is -0.671. The van der Waals surface area contributed by atoms with E-state index in [-0.39, 0.29) is 0 Å². The quantitative estimate of drug-likeness (QED) is 0.911. The van der Waals surface area contributed by atoms with Crippen LogP contribution in [0.1, 0.15) is 44.2 Å². The molecule has 1 aromatic heterocycles. The van der Waals surface area contributed by atoms with Crippen molar-refractivity contribution in [3.05, 3.63) is 16.4 Å². The van der Waals surface area contributed by atoms with Crippen molar-refractivity contribution in [3.63, 3.8) is 0 Å². The standard InChI is InChI=1S/C13H19BrN2O/c1-16-12(11(14)8-15-16)13(17)6-2-3-10(7-13)9-4-5-9/h8-10,17H,2-7H2,1H3. The van der Waals surface area contributed by atoms with Crippen LogP contribution in [-0.4, -0.2) is 14.9 Å². The van der Waals surface area contributed by atoms with Crippen molar-refractivity contribution >= 4 is 15.9 Å². The van der Waals surface area contributed by atoms with Gasteiger partial charge in [0.15, 0.2) is 0 Å². The van der Waals surface area contributed by atoms with Gasteiger partial charge in [0.1, 0.15) is 5.60 Å². The molecule has 2 aliphatic carbocycles. The molecule has 4 heteroatoms. The third-order valence-corrected chi connectivity index (χ3v) is 4.97. The third-order valence-electron chi connectivity index (χ3n) is 4.39. The highest BCUT2D eigenvalue weighted by Gasteiger charge is 2.44. The van der Waals surface area contributed by atoms with Crippen molar-refractivity contribution < 1.29 is 5.11 Å². The Hall–Kier alpha value is -0.350. The molecule has 0 saturated heterocycles. The highest BCUT2D eigenvalue weighted by molar-refractivity contribution is 9.10. The molecule has 0 aromatic carbocycles. The number of hydrogen-bond acceptors (Lipinski definition) is 2. The summed E-state index contributed by atoms with van der Waals surface area (Å²) >= 11 is 3.52. The second-order valence-corrected chi connectivity index (χ2v) is 6.54. The van der Waals surface area contributed by atoms with E-state index >= 15 is 0 Å². The summed E-state index contributed by atoms with van der Waals surface area (Å²) < 4.78 is 2.76. The number of aliphatic hydroxyl groups is 1. The van der Waals surface area contributed by atoms with Gasteiger partial charge in [-0.15, -0.1) is 0 Å². The molecule has 1 heterocycles. The molecule has 2 unspecified atom stereocenters. The number of aromatic nitrogens is 2. The molecule has 1 aromatic rings. The van der Waals surface area contributed by atoms with Crippen LogP contribution in [0.2, 0.25) is 0 Å². The van der Waals surface area contributed by atoms with Crippen molar-refractivity contribution in [2.45, 2.75) is 44.1 Å². The van der Waals surface area contributed by atoms with Crippen molar-refractivity contribution in [2.24, 2.45) is 18.9 Å². The Morgan fingerprint density at radius 1 is 1.41 bits per heavy atom. The highest BCUT2D eigenvalue weighted by atomic mass is 79.9. The third kappa shape index (κ3) is 2.06. The van der Waals surface area contributed by atoms with Gasteiger partial charge in [0.05, 0.1) is 16.4 Å². The summed E-state index contributed by atoms with van der Waals surface area (Å²) in [4.78, 5) is 0. The van der Waals surface area contributed by atoms with E-state index in [0.717, 1.165) is 41.3 Å². The molecule has 2 saturated carbocycles. The first-order valence-corrected chi connectivity index (χ1v) is 7.30. The molecule has 0 radical (unpaired) electrons. The number of nitrogens with zero attached hydrogens (tertiary/aromatic N) is 2. The molecule has 0 bridgehead atoms. The molecule has 94 valence electrons. The van der Waals surface area contributed by atoms with Gasteiger partial charge in [-0.25, -0.2) is 0 Å². The van der Waals surface area contributed by atoms with Crippen LogP contribution in [0.5, 0.6) is 0 Å². The Kier molecular flexibility index (Phi) is 2.82. The lowest BCUT2D eigenvalue weighted by molar-refractivity contribution is -0.0322. The molecule has 0 spiro atoms. The van der Waals surface area contributed by atoms with Crippen LogP contribution >= 0.6 is 15.9 Å². The summed E-state index contributed by atoms with van der Waals surface area (Å²) in [5.74, 6) is 1.60. The zero-order chi connectivity index (χ0) is 12.0. The number of hydrogen-bond donors (Lipinski definition) is 1. The Morgan fingerprint density at radius 2 is 2.18 bits per heavy atom. The number of rotatable bonds is 2. The second kappa shape index (κ2) is 4.09. The first kappa shape index (κ1) is 11.7. The van der Waals surface area contributed by atoms with Crippen LogP contribution in [0.3, 0.4) is 0 Å². The smallest absolute Gasteiger partial charge is 0.108 e. The van der Waals surface area contributed by atoms with E-state index in [1.165, 1.54) is 19.3 Å². The molecule has 2 atom stereocenters. The van der Waals surface area contributed by atoms with Crippen molar-refractivity contribution in [1.29, 1.82) is 0 Å². The minimum Gasteiger partial charge on any atom is -0.384 e. The lowest BCUT2D eigenvalue weighted by Crippen LogP contribution is -2.35. The Bertz CT molecular complexity index is 408. The maximum Gasteiger partial charge on any atom is 0.108 e. The van der Waals surface area contributed by atoms with E-state index in [0.29, 0.717) is 0 Å². The van der Waals surface area contributed by atoms with Gasteiger partial charge in [0, 0.05) is 7.05 Å². The fourth-order valence-corrected chi connectivity index (χ4v) is 4.13. The Labute approximate surface area is 110 Å². The predicted molar refractivity (Wildman–Crippen MR) is 69.5 cm³/mol. The summed E-state index contributed by atoms with van der Waals surface area (Å²) in [6.45, 7) is 0. The summed E-state index contributed by atoms with van der Waals surface area (Å²) in [5, 5.41) is 15.2. The summed E-state index contributed by atoms with van der Waals surface area (Å²) in [6.07, 6.45) is 8.73. The van der Waals surface area contributed by atoms with Crippen LogP contribution in [0, 0.1) is 11.8 Å². The molecule has 1 N–H and O–H groups in total. The average molecular weight is 299 g/mol. The first-order chi connectivity index (χ1) is 8.10. The van der Waals surface area contributed by atoms with Gasteiger partial charge in [0.25, 0.3) is 0 Å². The van der Waals surface area contributed by atoms with E-state index < -0.39 is 5.60 Å². The molecule has 0 amide bonds. The Balaban J connectivity index is 1.89. The van der Waals surface area contributed by atoms with Crippen molar-refractivity contribution in [2.75, 3.05) is 0 Å². The molecule has 3 nitrogen and oxygen atoms in total. The van der Waals surface area contributed by atoms with Crippen LogP contribution in [0.25, 0.3) is 0 Å². The number of aryl methyl sites for hydroxylation is 1. The van der Waals surface area contributed by atoms with Crippen LogP contribution in [0.4, 0.5) is 0 Å². The summed E-state index contributed by atoms with van der Waals surface area (Å²) in [7, 11) is 1.92. The van der Waals surface area contributed by atoms with Crippen LogP contribution in [-0.2, 0) is 12.6 Å². The first-order valence-electron chi connectivity index (χ1n) is 6.50. The van der Waals surface area contributed by atoms with Gasteiger partial charge in [0.2, 0.25) is 0 Å². The molecule has 0 aliphatic heterocycles. The van der Waals surface area contributed by atoms with Gasteiger partial charge < -0.3 is 5.11 Å². The highest BCUT2D eigenvalue weighted by Crippen LogP contribution is 2.50. The topological polar surface area (TPSA) is 38.0 Å². The molecule has 2 aliphatic rings. The zero-order valence-electron chi connectivity index (χ0n) is 10.2. The second-order valence-electron chi connectivity index (χ2n) is 5.69. The van der Waals surface area contributed by atoms with E-state index in [9.17, 15) is 5.11 Å². The normalized spacial score (nSPS) is 33.9. The van der Waals surface area contributed by atoms with Crippen molar-refractivity contribution in [3.8, 4) is 0 Å². The van der Waals surface area contributed by atoms with Gasteiger partial charge in [-0.2, -0.15) is 5.10 Å². The van der Waals surface area contributed by atoms with E-state index in [1.54, 1.807) is 6.20 Å². The van der Waals surface area contributed by atoms with Gasteiger partial charge in [-0.3, -0.25) is 4.68 Å². The average Bonchev–Trinajstić information content (AvgIpc) is 3.05. The fourth-order valence-electron chi connectivity index (χ4n) is 3.41. The van der Waals surface area contributed by atoms with Crippen LogP contribution in [0.15, 0.2) is 10.7 Å². The van der Waals surface area contributed by atoms with E-state index in [1.807, 2.05) is 11.7 Å². The fraction of sp³-hybridized carbons (Fsp3) is 0.769. The maximum absolute atomic E-state index is 10.9. The number of halogens is 1. The largest absolute Gasteiger partial charge is 0.384 e. The summed E-state index contributed by atoms with van der Waals surface area (Å²) in [6, 6.07) is 0. The molecule has 17 heavy (non-hydrogen) atoms. The molecular weight excluding hydrogens is 280 g/mol. The van der Waals surface area contributed by atoms with Gasteiger partial charge in [-0.05, 0) is 66.3 Å². The minimum absolute atomic E-state index is 0.671. The predicted octanol–water partition coefficient (Wildman–Crippen LogP) is 2.97. The lowest BCUT2D eigenvalue weighted by Gasteiger charge is -2.37. The maximum atomic E-state index is 10.9. The molecule has 3 rings (SSSR count). The zero-order valence-corrected chi connectivity index (χ0v) is 11.8. The Morgan fingerprint density at radius 3 is 2.76 bits per heavy atom. The molecular formula is C13H19BrN2O. The van der Waals surface area contributed by atoms with E-state index in [4.69, 9.17) is 0 Å². The van der Waals surface area contributed by atoms with E-state index in [2.05, 4.69) is 21.0 Å². The van der Waals surface area contributed by atoms with Gasteiger partial charge in [-0.1, -0.05) is 0 Å². The van der Waals surface area contributed by atoms with Gasteiger partial charge >= 0.3 is 0 Å².